The van der Waals surface area contributed by atoms with E-state index >= 15 is 0 Å². The quantitative estimate of drug-likeness (QED) is 0.692. The first-order chi connectivity index (χ1) is 10.1. The van der Waals surface area contributed by atoms with E-state index in [1.54, 1.807) is 6.20 Å². The molecule has 0 bridgehead atoms. The summed E-state index contributed by atoms with van der Waals surface area (Å²) in [6.45, 7) is 0. The lowest BCUT2D eigenvalue weighted by Crippen LogP contribution is -2.31. The van der Waals surface area contributed by atoms with Crippen LogP contribution < -0.4 is 10.6 Å². The van der Waals surface area contributed by atoms with Crippen LogP contribution in [0.25, 0.3) is 0 Å². The summed E-state index contributed by atoms with van der Waals surface area (Å²) in [4.78, 5) is 28.5. The van der Waals surface area contributed by atoms with Gasteiger partial charge in [0.25, 0.3) is 5.69 Å². The monoisotopic (exact) mass is 304 g/mol. The van der Waals surface area contributed by atoms with E-state index in [0.717, 1.165) is 17.7 Å². The van der Waals surface area contributed by atoms with Gasteiger partial charge < -0.3 is 5.73 Å². The van der Waals surface area contributed by atoms with Crippen molar-refractivity contribution in [2.45, 2.75) is 18.8 Å². The van der Waals surface area contributed by atoms with E-state index in [-0.39, 0.29) is 5.69 Å². The number of carbonyl (C=O) groups excluding carboxylic acids is 1. The zero-order valence-corrected chi connectivity index (χ0v) is 11.7. The Labute approximate surface area is 124 Å². The van der Waals surface area contributed by atoms with Crippen molar-refractivity contribution in [1.82, 2.24) is 4.98 Å². The minimum atomic E-state index is -0.666. The van der Waals surface area contributed by atoms with Gasteiger partial charge in [0.1, 0.15) is 0 Å². The van der Waals surface area contributed by atoms with Gasteiger partial charge in [0.05, 0.1) is 10.6 Å². The zero-order chi connectivity index (χ0) is 15.0. The van der Waals surface area contributed by atoms with Crippen molar-refractivity contribution in [3.05, 3.63) is 45.5 Å². The lowest BCUT2D eigenvalue weighted by molar-refractivity contribution is -0.384. The number of urea groups is 1. The highest BCUT2D eigenvalue weighted by atomic mass is 32.1. The predicted molar refractivity (Wildman–Crippen MR) is 78.9 cm³/mol. The Morgan fingerprint density at radius 2 is 2.05 bits per heavy atom. The van der Waals surface area contributed by atoms with E-state index in [0.29, 0.717) is 16.7 Å². The summed E-state index contributed by atoms with van der Waals surface area (Å²) in [6.07, 6.45) is 4.06. The molecule has 1 aliphatic rings. The highest BCUT2D eigenvalue weighted by molar-refractivity contribution is 7.16. The van der Waals surface area contributed by atoms with Crippen LogP contribution in [0.2, 0.25) is 0 Å². The van der Waals surface area contributed by atoms with Crippen LogP contribution in [0.1, 0.15) is 23.6 Å². The van der Waals surface area contributed by atoms with E-state index in [1.165, 1.54) is 40.5 Å². The van der Waals surface area contributed by atoms with Crippen LogP contribution in [0.3, 0.4) is 0 Å². The molecule has 1 aliphatic carbocycles. The van der Waals surface area contributed by atoms with Gasteiger partial charge in [0, 0.05) is 23.2 Å². The number of benzene rings is 1. The SMILES string of the molecule is NC(=O)N(c1ccc([N+](=O)[O-])cc1)c1ncc(C2CC2)s1. The Bertz CT molecular complexity index is 694. The molecule has 1 heterocycles. The van der Waals surface area contributed by atoms with Crippen molar-refractivity contribution in [2.24, 2.45) is 5.73 Å². The van der Waals surface area contributed by atoms with Crippen LogP contribution in [-0.4, -0.2) is 15.9 Å². The first kappa shape index (κ1) is 13.5. The summed E-state index contributed by atoms with van der Waals surface area (Å²) in [5.74, 6) is 0.544. The second-order valence-corrected chi connectivity index (χ2v) is 5.81. The van der Waals surface area contributed by atoms with Crippen molar-refractivity contribution < 1.29 is 9.72 Å². The van der Waals surface area contributed by atoms with Gasteiger partial charge >= 0.3 is 6.03 Å². The largest absolute Gasteiger partial charge is 0.351 e. The van der Waals surface area contributed by atoms with Crippen LogP contribution in [0.4, 0.5) is 21.3 Å². The molecule has 0 saturated heterocycles. The predicted octanol–water partition coefficient (Wildman–Crippen LogP) is 3.15. The summed E-state index contributed by atoms with van der Waals surface area (Å²) in [6, 6.07) is 4.98. The van der Waals surface area contributed by atoms with Crippen LogP contribution in [0, 0.1) is 10.1 Å². The number of amides is 2. The summed E-state index contributed by atoms with van der Waals surface area (Å²) in [5, 5.41) is 11.1. The molecule has 0 spiro atoms. The van der Waals surface area contributed by atoms with Crippen molar-refractivity contribution >= 4 is 33.9 Å². The molecule has 0 aliphatic heterocycles. The van der Waals surface area contributed by atoms with Gasteiger partial charge in [-0.05, 0) is 30.9 Å². The minimum absolute atomic E-state index is 0.0408. The molecule has 108 valence electrons. The average molecular weight is 304 g/mol. The van der Waals surface area contributed by atoms with Gasteiger partial charge in [0.15, 0.2) is 5.13 Å². The van der Waals surface area contributed by atoms with Gasteiger partial charge in [-0.25, -0.2) is 14.7 Å². The highest BCUT2D eigenvalue weighted by Crippen LogP contribution is 2.44. The fourth-order valence-electron chi connectivity index (χ4n) is 1.99. The minimum Gasteiger partial charge on any atom is -0.351 e. The maximum Gasteiger partial charge on any atom is 0.325 e. The third kappa shape index (κ3) is 2.70. The maximum atomic E-state index is 11.7. The molecule has 21 heavy (non-hydrogen) atoms. The van der Waals surface area contributed by atoms with E-state index < -0.39 is 11.0 Å². The summed E-state index contributed by atoms with van der Waals surface area (Å²) in [5.41, 5.74) is 5.84. The lowest BCUT2D eigenvalue weighted by atomic mass is 10.2. The molecular weight excluding hydrogens is 292 g/mol. The first-order valence-corrected chi connectivity index (χ1v) is 7.17. The van der Waals surface area contributed by atoms with Gasteiger partial charge in [-0.15, -0.1) is 11.3 Å². The Morgan fingerprint density at radius 1 is 1.38 bits per heavy atom. The van der Waals surface area contributed by atoms with Crippen molar-refractivity contribution in [2.75, 3.05) is 4.90 Å². The number of primary amides is 1. The van der Waals surface area contributed by atoms with Crippen LogP contribution in [0.5, 0.6) is 0 Å². The Hall–Kier alpha value is -2.48. The Kier molecular flexibility index (Phi) is 3.30. The standard InChI is InChI=1S/C13H12N4O3S/c14-12(18)16(9-3-5-10(6-4-9)17(19)20)13-15-7-11(21-13)8-1-2-8/h3-8H,1-2H2,(H2,14,18). The fraction of sp³-hybridized carbons (Fsp3) is 0.231. The zero-order valence-electron chi connectivity index (χ0n) is 10.9. The molecule has 1 fully saturated rings. The van der Waals surface area contributed by atoms with E-state index in [1.807, 2.05) is 0 Å². The second kappa shape index (κ2) is 5.13. The lowest BCUT2D eigenvalue weighted by Gasteiger charge is -2.16. The highest BCUT2D eigenvalue weighted by Gasteiger charge is 2.28. The first-order valence-electron chi connectivity index (χ1n) is 6.36. The molecule has 1 aromatic carbocycles. The fourth-order valence-corrected chi connectivity index (χ4v) is 3.10. The molecule has 1 aromatic heterocycles. The maximum absolute atomic E-state index is 11.7. The third-order valence-electron chi connectivity index (χ3n) is 3.22. The molecule has 0 radical (unpaired) electrons. The molecule has 8 heteroatoms. The number of nitrogens with two attached hydrogens (primary N) is 1. The second-order valence-electron chi connectivity index (χ2n) is 4.77. The van der Waals surface area contributed by atoms with Crippen LogP contribution in [0.15, 0.2) is 30.5 Å². The van der Waals surface area contributed by atoms with Gasteiger partial charge in [-0.2, -0.15) is 0 Å². The number of nitro groups is 1. The van der Waals surface area contributed by atoms with Crippen molar-refractivity contribution in [3.8, 4) is 0 Å². The number of anilines is 2. The molecular formula is C13H12N4O3S. The summed E-state index contributed by atoms with van der Waals surface area (Å²) in [7, 11) is 0. The number of thiazole rings is 1. The smallest absolute Gasteiger partial charge is 0.325 e. The Morgan fingerprint density at radius 3 is 2.57 bits per heavy atom. The normalized spacial score (nSPS) is 13.9. The number of rotatable bonds is 4. The number of nitro benzene ring substituents is 1. The Balaban J connectivity index is 1.92. The van der Waals surface area contributed by atoms with Crippen LogP contribution in [-0.2, 0) is 0 Å². The summed E-state index contributed by atoms with van der Waals surface area (Å²) >= 11 is 1.43. The number of non-ortho nitro benzene ring substituents is 1. The number of aromatic nitrogens is 1. The van der Waals surface area contributed by atoms with Crippen molar-refractivity contribution in [1.29, 1.82) is 0 Å². The number of nitrogens with zero attached hydrogens (tertiary/aromatic N) is 3. The molecule has 1 saturated carbocycles. The van der Waals surface area contributed by atoms with Gasteiger partial charge in [-0.3, -0.25) is 10.1 Å². The third-order valence-corrected chi connectivity index (χ3v) is 4.37. The molecule has 2 amide bonds. The van der Waals surface area contributed by atoms with Crippen LogP contribution >= 0.6 is 11.3 Å². The van der Waals surface area contributed by atoms with E-state index in [4.69, 9.17) is 5.73 Å². The molecule has 0 unspecified atom stereocenters. The topological polar surface area (TPSA) is 102 Å². The van der Waals surface area contributed by atoms with Gasteiger partial charge in [0.2, 0.25) is 0 Å². The average Bonchev–Trinajstić information content (AvgIpc) is 3.19. The molecule has 7 nitrogen and oxygen atoms in total. The molecule has 0 atom stereocenters. The van der Waals surface area contributed by atoms with Gasteiger partial charge in [-0.1, -0.05) is 0 Å². The number of carbonyl (C=O) groups is 1. The number of hydrogen-bond acceptors (Lipinski definition) is 5. The van der Waals surface area contributed by atoms with E-state index in [9.17, 15) is 14.9 Å². The number of hydrogen-bond donors (Lipinski definition) is 1. The summed E-state index contributed by atoms with van der Waals surface area (Å²) < 4.78 is 0. The van der Waals surface area contributed by atoms with Crippen molar-refractivity contribution in [3.63, 3.8) is 0 Å². The van der Waals surface area contributed by atoms with E-state index in [2.05, 4.69) is 4.98 Å². The molecule has 3 rings (SSSR count). The molecule has 2 N–H and O–H groups in total. The molecule has 2 aromatic rings.